The molecule has 7 nitrogen and oxygen atoms in total. The van der Waals surface area contributed by atoms with Crippen LogP contribution in [0, 0.1) is 0 Å². The molecule has 0 aliphatic heterocycles. The van der Waals surface area contributed by atoms with Crippen LogP contribution in [0.3, 0.4) is 0 Å². The predicted molar refractivity (Wildman–Crippen MR) is 109 cm³/mol. The first-order valence-corrected chi connectivity index (χ1v) is 10.2. The van der Waals surface area contributed by atoms with Gasteiger partial charge in [0.15, 0.2) is 0 Å². The average Bonchev–Trinajstić information content (AvgIpc) is 2.68. The first-order chi connectivity index (χ1) is 13.4. The van der Waals surface area contributed by atoms with E-state index in [0.29, 0.717) is 23.4 Å². The van der Waals surface area contributed by atoms with Crippen LogP contribution in [-0.2, 0) is 26.0 Å². The highest BCUT2D eigenvalue weighted by Crippen LogP contribution is 2.16. The lowest BCUT2D eigenvalue weighted by atomic mass is 10.1. The molecule has 0 fully saturated rings. The van der Waals surface area contributed by atoms with Gasteiger partial charge >= 0.3 is 0 Å². The molecule has 2 amide bonds. The number of anilines is 1. The molecular formula is C20H23N3O4S. The lowest BCUT2D eigenvalue weighted by Crippen LogP contribution is -2.22. The van der Waals surface area contributed by atoms with Crippen LogP contribution in [0.25, 0.3) is 6.08 Å². The van der Waals surface area contributed by atoms with Crippen molar-refractivity contribution in [3.05, 3.63) is 65.7 Å². The minimum absolute atomic E-state index is 0.148. The van der Waals surface area contributed by atoms with Crippen LogP contribution in [0.5, 0.6) is 0 Å². The Morgan fingerprint density at radius 2 is 1.71 bits per heavy atom. The largest absolute Gasteiger partial charge is 0.359 e. The Morgan fingerprint density at radius 1 is 1.04 bits per heavy atom. The molecule has 0 atom stereocenters. The Kier molecular flexibility index (Phi) is 7.48. The molecule has 3 N–H and O–H groups in total. The van der Waals surface area contributed by atoms with Crippen LogP contribution in [0.1, 0.15) is 18.1 Å². The van der Waals surface area contributed by atoms with E-state index in [9.17, 15) is 18.0 Å². The number of benzene rings is 2. The fraction of sp³-hybridized carbons (Fsp3) is 0.200. The molecule has 148 valence electrons. The van der Waals surface area contributed by atoms with Gasteiger partial charge in [-0.05, 0) is 35.4 Å². The fourth-order valence-electron chi connectivity index (χ4n) is 2.44. The summed E-state index contributed by atoms with van der Waals surface area (Å²) in [7, 11) is -1.95. The molecule has 0 bridgehead atoms. The van der Waals surface area contributed by atoms with Crippen LogP contribution < -0.4 is 15.4 Å². The summed E-state index contributed by atoms with van der Waals surface area (Å²) in [4.78, 5) is 24.0. The van der Waals surface area contributed by atoms with E-state index in [-0.39, 0.29) is 23.1 Å². The molecule has 0 aliphatic rings. The zero-order valence-corrected chi connectivity index (χ0v) is 16.5. The molecule has 8 heteroatoms. The molecule has 2 aromatic rings. The maximum atomic E-state index is 12.2. The van der Waals surface area contributed by atoms with E-state index >= 15 is 0 Å². The molecule has 0 aliphatic carbocycles. The van der Waals surface area contributed by atoms with E-state index in [0.717, 1.165) is 0 Å². The molecule has 0 saturated carbocycles. The fourth-order valence-corrected chi connectivity index (χ4v) is 3.48. The highest BCUT2D eigenvalue weighted by atomic mass is 32.2. The van der Waals surface area contributed by atoms with Gasteiger partial charge in [0.25, 0.3) is 0 Å². The van der Waals surface area contributed by atoms with Crippen molar-refractivity contribution in [2.75, 3.05) is 18.9 Å². The van der Waals surface area contributed by atoms with E-state index in [2.05, 4.69) is 15.4 Å². The molecular weight excluding hydrogens is 378 g/mol. The maximum absolute atomic E-state index is 12.2. The molecule has 2 aromatic carbocycles. The van der Waals surface area contributed by atoms with Gasteiger partial charge in [-0.2, -0.15) is 0 Å². The first kappa shape index (κ1) is 21.3. The van der Waals surface area contributed by atoms with E-state index < -0.39 is 10.0 Å². The molecule has 28 heavy (non-hydrogen) atoms. The second-order valence-electron chi connectivity index (χ2n) is 5.90. The number of para-hydroxylation sites is 1. The third-order valence-electron chi connectivity index (χ3n) is 3.86. The van der Waals surface area contributed by atoms with E-state index in [1.165, 1.54) is 18.2 Å². The minimum Gasteiger partial charge on any atom is -0.359 e. The van der Waals surface area contributed by atoms with Crippen molar-refractivity contribution >= 4 is 33.6 Å². The Hall–Kier alpha value is -2.97. The van der Waals surface area contributed by atoms with Gasteiger partial charge in [-0.25, -0.2) is 13.1 Å². The van der Waals surface area contributed by atoms with E-state index in [4.69, 9.17) is 0 Å². The molecule has 0 heterocycles. The molecule has 0 spiro atoms. The third kappa shape index (κ3) is 6.04. The van der Waals surface area contributed by atoms with Crippen LogP contribution >= 0.6 is 0 Å². The summed E-state index contributed by atoms with van der Waals surface area (Å²) in [5.41, 5.74) is 1.96. The van der Waals surface area contributed by atoms with Crippen molar-refractivity contribution in [1.29, 1.82) is 0 Å². The van der Waals surface area contributed by atoms with Crippen molar-refractivity contribution in [2.45, 2.75) is 18.2 Å². The van der Waals surface area contributed by atoms with Crippen molar-refractivity contribution in [3.8, 4) is 0 Å². The number of sulfonamides is 1. The Balaban J connectivity index is 2.06. The number of amides is 2. The lowest BCUT2D eigenvalue weighted by Gasteiger charge is -2.09. The number of rotatable bonds is 8. The van der Waals surface area contributed by atoms with Gasteiger partial charge in [0.1, 0.15) is 0 Å². The average molecular weight is 401 g/mol. The SMILES string of the molecule is CCNS(=O)(=O)c1ccc(C=CC(=O)Nc2ccccc2CC(=O)NC)cc1. The standard InChI is InChI=1S/C20H23N3O4S/c1-3-22-28(26,27)17-11-8-15(9-12-17)10-13-19(24)23-18-7-5-4-6-16(18)14-20(25)21-2/h4-13,22H,3,14H2,1-2H3,(H,21,25)(H,23,24). The van der Waals surface area contributed by atoms with Crippen molar-refractivity contribution < 1.29 is 18.0 Å². The summed E-state index contributed by atoms with van der Waals surface area (Å²) in [6.07, 6.45) is 3.10. The van der Waals surface area contributed by atoms with E-state index in [1.807, 2.05) is 0 Å². The molecule has 0 aromatic heterocycles. The molecule has 0 saturated heterocycles. The number of nitrogens with one attached hydrogen (secondary N) is 3. The quantitative estimate of drug-likeness (QED) is 0.588. The molecule has 0 radical (unpaired) electrons. The smallest absolute Gasteiger partial charge is 0.248 e. The minimum atomic E-state index is -3.50. The Bertz CT molecular complexity index is 967. The number of carbonyl (C=O) groups excluding carboxylic acids is 2. The van der Waals surface area contributed by atoms with Crippen molar-refractivity contribution in [3.63, 3.8) is 0 Å². The summed E-state index contributed by atoms with van der Waals surface area (Å²) in [5, 5.41) is 5.30. The van der Waals surface area contributed by atoms with Gasteiger partial charge in [0, 0.05) is 25.4 Å². The van der Waals surface area contributed by atoms with Gasteiger partial charge in [-0.15, -0.1) is 0 Å². The van der Waals surface area contributed by atoms with Crippen molar-refractivity contribution in [2.24, 2.45) is 0 Å². The summed E-state index contributed by atoms with van der Waals surface area (Å²) in [6.45, 7) is 2.02. The monoisotopic (exact) mass is 401 g/mol. The first-order valence-electron chi connectivity index (χ1n) is 8.73. The van der Waals surface area contributed by atoms with Crippen LogP contribution in [-0.4, -0.2) is 33.8 Å². The van der Waals surface area contributed by atoms with Crippen LogP contribution in [0.15, 0.2) is 59.5 Å². The molecule has 2 rings (SSSR count). The van der Waals surface area contributed by atoms with Gasteiger partial charge in [0.2, 0.25) is 21.8 Å². The summed E-state index contributed by atoms with van der Waals surface area (Å²) >= 11 is 0. The van der Waals surface area contributed by atoms with Crippen molar-refractivity contribution in [1.82, 2.24) is 10.0 Å². The zero-order valence-electron chi connectivity index (χ0n) is 15.7. The van der Waals surface area contributed by atoms with Gasteiger partial charge in [-0.3, -0.25) is 9.59 Å². The summed E-state index contributed by atoms with van der Waals surface area (Å²) < 4.78 is 26.3. The van der Waals surface area contributed by atoms with Gasteiger partial charge in [-0.1, -0.05) is 37.3 Å². The second-order valence-corrected chi connectivity index (χ2v) is 7.67. The van der Waals surface area contributed by atoms with Crippen LogP contribution in [0.2, 0.25) is 0 Å². The van der Waals surface area contributed by atoms with E-state index in [1.54, 1.807) is 56.4 Å². The maximum Gasteiger partial charge on any atom is 0.248 e. The number of hydrogen-bond acceptors (Lipinski definition) is 4. The summed E-state index contributed by atoms with van der Waals surface area (Å²) in [5.74, 6) is -0.501. The van der Waals surface area contributed by atoms with Gasteiger partial charge in [0.05, 0.1) is 11.3 Å². The number of hydrogen-bond donors (Lipinski definition) is 3. The topological polar surface area (TPSA) is 104 Å². The normalized spacial score (nSPS) is 11.4. The highest BCUT2D eigenvalue weighted by Gasteiger charge is 2.11. The Labute approximate surface area is 164 Å². The highest BCUT2D eigenvalue weighted by molar-refractivity contribution is 7.89. The second kappa shape index (κ2) is 9.82. The van der Waals surface area contributed by atoms with Gasteiger partial charge < -0.3 is 10.6 Å². The Morgan fingerprint density at radius 3 is 2.36 bits per heavy atom. The zero-order chi connectivity index (χ0) is 20.6. The third-order valence-corrected chi connectivity index (χ3v) is 5.42. The predicted octanol–water partition coefficient (Wildman–Crippen LogP) is 1.93. The lowest BCUT2D eigenvalue weighted by molar-refractivity contribution is -0.120. The number of likely N-dealkylation sites (N-methyl/N-ethyl adjacent to an activating group) is 1. The molecule has 0 unspecified atom stereocenters. The summed E-state index contributed by atoms with van der Waals surface area (Å²) in [6, 6.07) is 13.3. The van der Waals surface area contributed by atoms with Crippen LogP contribution in [0.4, 0.5) is 5.69 Å². The number of carbonyl (C=O) groups is 2.